The number of hydrogen-bond acceptors (Lipinski definition) is 4. The van der Waals surface area contributed by atoms with Gasteiger partial charge in [0.15, 0.2) is 17.3 Å². The zero-order valence-corrected chi connectivity index (χ0v) is 11.5. The summed E-state index contributed by atoms with van der Waals surface area (Å²) in [6, 6.07) is 3.29. The number of methoxy groups -OCH3 is 2. The van der Waals surface area contributed by atoms with Crippen LogP contribution in [0.1, 0.15) is 29.3 Å². The van der Waals surface area contributed by atoms with Gasteiger partial charge in [0.25, 0.3) is 0 Å². The highest BCUT2D eigenvalue weighted by molar-refractivity contribution is 5.99. The van der Waals surface area contributed by atoms with Gasteiger partial charge in [0.2, 0.25) is 0 Å². The molecule has 0 heterocycles. The molecule has 1 unspecified atom stereocenters. The second kappa shape index (κ2) is 6.22. The van der Waals surface area contributed by atoms with Crippen LogP contribution in [0.15, 0.2) is 12.1 Å². The predicted molar refractivity (Wildman–Crippen MR) is 70.0 cm³/mol. The van der Waals surface area contributed by atoms with Gasteiger partial charge in [-0.3, -0.25) is 9.59 Å². The third kappa shape index (κ3) is 3.47. The molecule has 0 saturated carbocycles. The van der Waals surface area contributed by atoms with Crippen molar-refractivity contribution < 1.29 is 24.2 Å². The summed E-state index contributed by atoms with van der Waals surface area (Å²) in [6.07, 6.45) is -0.0361. The number of ketones is 1. The van der Waals surface area contributed by atoms with Crippen LogP contribution in [0.4, 0.5) is 0 Å². The van der Waals surface area contributed by atoms with Crippen LogP contribution in [0.3, 0.4) is 0 Å². The van der Waals surface area contributed by atoms with Gasteiger partial charge in [0, 0.05) is 12.0 Å². The Labute approximate surface area is 112 Å². The molecule has 5 heteroatoms. The first kappa shape index (κ1) is 15.0. The van der Waals surface area contributed by atoms with Crippen LogP contribution < -0.4 is 9.47 Å². The third-order valence-corrected chi connectivity index (χ3v) is 2.94. The number of rotatable bonds is 6. The summed E-state index contributed by atoms with van der Waals surface area (Å²) in [5.74, 6) is -0.901. The van der Waals surface area contributed by atoms with E-state index in [0.717, 1.165) is 5.56 Å². The lowest BCUT2D eigenvalue weighted by molar-refractivity contribution is -0.141. The van der Waals surface area contributed by atoms with Crippen molar-refractivity contribution in [2.75, 3.05) is 14.2 Å². The van der Waals surface area contributed by atoms with Crippen molar-refractivity contribution in [1.82, 2.24) is 0 Å². The maximum Gasteiger partial charge on any atom is 0.306 e. The summed E-state index contributed by atoms with van der Waals surface area (Å²) >= 11 is 0. The van der Waals surface area contributed by atoms with E-state index in [1.54, 1.807) is 19.1 Å². The highest BCUT2D eigenvalue weighted by atomic mass is 16.5. The Bertz CT molecular complexity index is 493. The fraction of sp³-hybridized carbons (Fsp3) is 0.429. The first-order chi connectivity index (χ1) is 8.90. The molecule has 0 aliphatic carbocycles. The number of carbonyl (C=O) groups is 2. The Hall–Kier alpha value is -2.04. The zero-order valence-electron chi connectivity index (χ0n) is 11.5. The molecule has 0 spiro atoms. The Morgan fingerprint density at radius 2 is 1.74 bits per heavy atom. The molecule has 0 fully saturated rings. The molecule has 1 atom stereocenters. The third-order valence-electron chi connectivity index (χ3n) is 2.94. The Morgan fingerprint density at radius 1 is 1.21 bits per heavy atom. The summed E-state index contributed by atoms with van der Waals surface area (Å²) < 4.78 is 10.3. The average Bonchev–Trinajstić information content (AvgIpc) is 2.37. The minimum Gasteiger partial charge on any atom is -0.493 e. The Kier molecular flexibility index (Phi) is 4.92. The maximum absolute atomic E-state index is 12.1. The maximum atomic E-state index is 12.1. The standard InChI is InChI=1S/C14H18O5/c1-8-6-12(18-3)13(19-4)7-10(8)11(15)5-9(2)14(16)17/h6-7,9H,5H2,1-4H3,(H,16,17). The molecule has 104 valence electrons. The normalized spacial score (nSPS) is 11.8. The summed E-state index contributed by atoms with van der Waals surface area (Å²) in [4.78, 5) is 22.9. The molecule has 1 aromatic rings. The van der Waals surface area contributed by atoms with E-state index in [0.29, 0.717) is 17.1 Å². The highest BCUT2D eigenvalue weighted by Crippen LogP contribution is 2.31. The monoisotopic (exact) mass is 266 g/mol. The second-order valence-corrected chi connectivity index (χ2v) is 4.39. The van der Waals surface area contributed by atoms with Gasteiger partial charge < -0.3 is 14.6 Å². The number of benzene rings is 1. The quantitative estimate of drug-likeness (QED) is 0.800. The molecule has 1 rings (SSSR count). The Morgan fingerprint density at radius 3 is 2.21 bits per heavy atom. The number of carbonyl (C=O) groups excluding carboxylic acids is 1. The number of aliphatic carboxylic acids is 1. The van der Waals surface area contributed by atoms with Gasteiger partial charge in [-0.1, -0.05) is 6.92 Å². The molecule has 0 aromatic heterocycles. The molecule has 0 bridgehead atoms. The number of ether oxygens (including phenoxy) is 2. The zero-order chi connectivity index (χ0) is 14.6. The minimum atomic E-state index is -0.980. The van der Waals surface area contributed by atoms with Crippen molar-refractivity contribution in [3.05, 3.63) is 23.3 Å². The fourth-order valence-electron chi connectivity index (χ4n) is 1.76. The number of carboxylic acid groups (broad SMARTS) is 1. The van der Waals surface area contributed by atoms with Gasteiger partial charge in [-0.25, -0.2) is 0 Å². The van der Waals surface area contributed by atoms with Crippen LogP contribution in [-0.4, -0.2) is 31.1 Å². The van der Waals surface area contributed by atoms with Crippen LogP contribution in [0.25, 0.3) is 0 Å². The smallest absolute Gasteiger partial charge is 0.306 e. The summed E-state index contributed by atoms with van der Waals surface area (Å²) in [5.41, 5.74) is 1.20. The van der Waals surface area contributed by atoms with Crippen molar-refractivity contribution in [2.24, 2.45) is 5.92 Å². The topological polar surface area (TPSA) is 72.8 Å². The van der Waals surface area contributed by atoms with E-state index < -0.39 is 11.9 Å². The number of carboxylic acids is 1. The lowest BCUT2D eigenvalue weighted by atomic mass is 9.96. The van der Waals surface area contributed by atoms with Gasteiger partial charge in [-0.05, 0) is 24.6 Å². The molecule has 5 nitrogen and oxygen atoms in total. The molecule has 0 radical (unpaired) electrons. The summed E-state index contributed by atoms with van der Waals surface area (Å²) in [6.45, 7) is 3.29. The van der Waals surface area contributed by atoms with Crippen molar-refractivity contribution >= 4 is 11.8 Å². The van der Waals surface area contributed by atoms with Gasteiger partial charge in [-0.2, -0.15) is 0 Å². The van der Waals surface area contributed by atoms with E-state index in [4.69, 9.17) is 14.6 Å². The van der Waals surface area contributed by atoms with E-state index in [-0.39, 0.29) is 12.2 Å². The molecular weight excluding hydrogens is 248 g/mol. The molecule has 0 aliphatic heterocycles. The van der Waals surface area contributed by atoms with Crippen molar-refractivity contribution in [3.8, 4) is 11.5 Å². The molecule has 19 heavy (non-hydrogen) atoms. The largest absolute Gasteiger partial charge is 0.493 e. The molecule has 1 N–H and O–H groups in total. The van der Waals surface area contributed by atoms with Crippen LogP contribution in [0, 0.1) is 12.8 Å². The van der Waals surface area contributed by atoms with E-state index in [2.05, 4.69) is 0 Å². The van der Waals surface area contributed by atoms with E-state index in [1.165, 1.54) is 21.1 Å². The second-order valence-electron chi connectivity index (χ2n) is 4.39. The van der Waals surface area contributed by atoms with E-state index in [1.807, 2.05) is 0 Å². The predicted octanol–water partition coefficient (Wildman–Crippen LogP) is 2.31. The highest BCUT2D eigenvalue weighted by Gasteiger charge is 2.20. The molecule has 0 aliphatic rings. The summed E-state index contributed by atoms with van der Waals surface area (Å²) in [5, 5.41) is 8.83. The van der Waals surface area contributed by atoms with Gasteiger partial charge in [0.05, 0.1) is 20.1 Å². The van der Waals surface area contributed by atoms with Crippen molar-refractivity contribution in [2.45, 2.75) is 20.3 Å². The van der Waals surface area contributed by atoms with Crippen LogP contribution >= 0.6 is 0 Å². The average molecular weight is 266 g/mol. The summed E-state index contributed by atoms with van der Waals surface area (Å²) in [7, 11) is 3.01. The Balaban J connectivity index is 3.06. The van der Waals surface area contributed by atoms with E-state index >= 15 is 0 Å². The molecule has 0 amide bonds. The van der Waals surface area contributed by atoms with E-state index in [9.17, 15) is 9.59 Å². The number of Topliss-reactive ketones (excluding diaryl/α,β-unsaturated/α-hetero) is 1. The van der Waals surface area contributed by atoms with Crippen LogP contribution in [-0.2, 0) is 4.79 Å². The van der Waals surface area contributed by atoms with Gasteiger partial charge in [-0.15, -0.1) is 0 Å². The minimum absolute atomic E-state index is 0.0361. The SMILES string of the molecule is COc1cc(C)c(C(=O)CC(C)C(=O)O)cc1OC. The lowest BCUT2D eigenvalue weighted by Gasteiger charge is -2.13. The molecule has 0 saturated heterocycles. The number of hydrogen-bond donors (Lipinski definition) is 1. The molecule has 1 aromatic carbocycles. The van der Waals surface area contributed by atoms with Crippen molar-refractivity contribution in [3.63, 3.8) is 0 Å². The number of aryl methyl sites for hydroxylation is 1. The van der Waals surface area contributed by atoms with Crippen molar-refractivity contribution in [1.29, 1.82) is 0 Å². The lowest BCUT2D eigenvalue weighted by Crippen LogP contribution is -2.15. The van der Waals surface area contributed by atoms with Gasteiger partial charge >= 0.3 is 5.97 Å². The first-order valence-electron chi connectivity index (χ1n) is 5.89. The molecular formula is C14H18O5. The fourth-order valence-corrected chi connectivity index (χ4v) is 1.76. The first-order valence-corrected chi connectivity index (χ1v) is 5.89. The van der Waals surface area contributed by atoms with Crippen LogP contribution in [0.2, 0.25) is 0 Å². The van der Waals surface area contributed by atoms with Crippen LogP contribution in [0.5, 0.6) is 11.5 Å². The van der Waals surface area contributed by atoms with Gasteiger partial charge in [0.1, 0.15) is 0 Å².